The van der Waals surface area contributed by atoms with E-state index in [9.17, 15) is 9.59 Å². The molecule has 2 heterocycles. The lowest BCUT2D eigenvalue weighted by Gasteiger charge is -2.19. The number of anilines is 1. The van der Waals surface area contributed by atoms with Gasteiger partial charge in [-0.2, -0.15) is 5.10 Å². The van der Waals surface area contributed by atoms with Crippen LogP contribution in [0.25, 0.3) is 0 Å². The molecule has 2 amide bonds. The molecule has 1 saturated heterocycles. The maximum atomic E-state index is 12.3. The standard InChI is InChI=1S/C17H21N3O4/c1-20-16(21)8-7-15(19-20)17(22)18-12-4-2-5-13(10-12)24-11-14-6-3-9-23-14/h2,4-5,10,14H,3,6-9,11H2,1H3,(H,18,22)/t14-/m0/s1. The van der Waals surface area contributed by atoms with Crippen LogP contribution in [0.3, 0.4) is 0 Å². The second-order valence-electron chi connectivity index (χ2n) is 5.89. The molecule has 7 heteroatoms. The number of rotatable bonds is 5. The third-order valence-corrected chi connectivity index (χ3v) is 4.02. The summed E-state index contributed by atoms with van der Waals surface area (Å²) in [6.45, 7) is 1.31. The first-order valence-corrected chi connectivity index (χ1v) is 8.11. The number of hydrogen-bond acceptors (Lipinski definition) is 5. The van der Waals surface area contributed by atoms with Crippen molar-refractivity contribution in [1.29, 1.82) is 0 Å². The predicted molar refractivity (Wildman–Crippen MR) is 89.0 cm³/mol. The number of carbonyl (C=O) groups is 2. The molecule has 0 saturated carbocycles. The lowest BCUT2D eigenvalue weighted by molar-refractivity contribution is -0.130. The van der Waals surface area contributed by atoms with E-state index >= 15 is 0 Å². The average Bonchev–Trinajstić information content (AvgIpc) is 3.09. The second kappa shape index (κ2) is 7.44. The summed E-state index contributed by atoms with van der Waals surface area (Å²) in [5.41, 5.74) is 0.981. The van der Waals surface area contributed by atoms with Gasteiger partial charge in [-0.25, -0.2) is 5.01 Å². The van der Waals surface area contributed by atoms with Gasteiger partial charge >= 0.3 is 0 Å². The van der Waals surface area contributed by atoms with Crippen LogP contribution in [0, 0.1) is 0 Å². The van der Waals surface area contributed by atoms with Gasteiger partial charge in [-0.15, -0.1) is 0 Å². The first-order valence-electron chi connectivity index (χ1n) is 8.11. The molecule has 1 atom stereocenters. The fraction of sp³-hybridized carbons (Fsp3) is 0.471. The topological polar surface area (TPSA) is 80.2 Å². The quantitative estimate of drug-likeness (QED) is 0.892. The van der Waals surface area contributed by atoms with Crippen molar-refractivity contribution in [2.45, 2.75) is 31.8 Å². The Morgan fingerprint density at radius 3 is 3.08 bits per heavy atom. The van der Waals surface area contributed by atoms with Crippen molar-refractivity contribution in [3.8, 4) is 5.75 Å². The first kappa shape index (κ1) is 16.4. The van der Waals surface area contributed by atoms with E-state index in [1.807, 2.05) is 12.1 Å². The zero-order valence-corrected chi connectivity index (χ0v) is 13.7. The molecule has 2 aliphatic heterocycles. The summed E-state index contributed by atoms with van der Waals surface area (Å²) in [6, 6.07) is 7.22. The molecule has 24 heavy (non-hydrogen) atoms. The van der Waals surface area contributed by atoms with Crippen LogP contribution < -0.4 is 10.1 Å². The molecule has 0 aromatic heterocycles. The Labute approximate surface area is 140 Å². The summed E-state index contributed by atoms with van der Waals surface area (Å²) >= 11 is 0. The van der Waals surface area contributed by atoms with Crippen LogP contribution >= 0.6 is 0 Å². The molecular weight excluding hydrogens is 310 g/mol. The minimum absolute atomic E-state index is 0.0870. The maximum absolute atomic E-state index is 12.3. The van der Waals surface area contributed by atoms with E-state index in [4.69, 9.17) is 9.47 Å². The fourth-order valence-electron chi connectivity index (χ4n) is 2.66. The van der Waals surface area contributed by atoms with E-state index in [-0.39, 0.29) is 17.9 Å². The summed E-state index contributed by atoms with van der Waals surface area (Å²) < 4.78 is 11.3. The van der Waals surface area contributed by atoms with Crippen LogP contribution in [0.4, 0.5) is 5.69 Å². The molecule has 2 aliphatic rings. The Bertz CT molecular complexity index is 653. The average molecular weight is 331 g/mol. The summed E-state index contributed by atoms with van der Waals surface area (Å²) in [5, 5.41) is 8.02. The number of nitrogens with zero attached hydrogens (tertiary/aromatic N) is 2. The van der Waals surface area contributed by atoms with Gasteiger partial charge in [-0.3, -0.25) is 9.59 Å². The number of carbonyl (C=O) groups excluding carboxylic acids is 2. The Morgan fingerprint density at radius 2 is 2.33 bits per heavy atom. The highest BCUT2D eigenvalue weighted by molar-refractivity contribution is 6.43. The van der Waals surface area contributed by atoms with Crippen LogP contribution in [0.1, 0.15) is 25.7 Å². The maximum Gasteiger partial charge on any atom is 0.271 e. The van der Waals surface area contributed by atoms with Gasteiger partial charge in [0.1, 0.15) is 18.1 Å². The molecule has 1 aromatic carbocycles. The van der Waals surface area contributed by atoms with Crippen LogP contribution in [0.5, 0.6) is 5.75 Å². The molecule has 0 aliphatic carbocycles. The summed E-state index contributed by atoms with van der Waals surface area (Å²) in [5.74, 6) is 0.294. The van der Waals surface area contributed by atoms with Crippen molar-refractivity contribution in [2.24, 2.45) is 5.10 Å². The smallest absolute Gasteiger partial charge is 0.271 e. The van der Waals surface area contributed by atoms with E-state index < -0.39 is 0 Å². The molecule has 128 valence electrons. The first-order chi connectivity index (χ1) is 11.6. The number of benzene rings is 1. The summed E-state index contributed by atoms with van der Waals surface area (Å²) in [7, 11) is 1.55. The van der Waals surface area contributed by atoms with Gasteiger partial charge in [0.15, 0.2) is 0 Å². The fourth-order valence-corrected chi connectivity index (χ4v) is 2.66. The van der Waals surface area contributed by atoms with E-state index in [0.717, 1.165) is 19.4 Å². The van der Waals surface area contributed by atoms with Crippen molar-refractivity contribution in [3.05, 3.63) is 24.3 Å². The van der Waals surface area contributed by atoms with E-state index in [0.29, 0.717) is 36.6 Å². The normalized spacial score (nSPS) is 20.7. The molecule has 0 radical (unpaired) electrons. The van der Waals surface area contributed by atoms with Gasteiger partial charge < -0.3 is 14.8 Å². The van der Waals surface area contributed by atoms with Crippen LogP contribution in [-0.4, -0.2) is 48.9 Å². The van der Waals surface area contributed by atoms with Gasteiger partial charge in [-0.05, 0) is 25.0 Å². The van der Waals surface area contributed by atoms with Crippen LogP contribution in [0.15, 0.2) is 29.4 Å². The minimum atomic E-state index is -0.300. The Balaban J connectivity index is 1.58. The van der Waals surface area contributed by atoms with E-state index in [2.05, 4.69) is 10.4 Å². The van der Waals surface area contributed by atoms with E-state index in [1.54, 1.807) is 19.2 Å². The van der Waals surface area contributed by atoms with Crippen molar-refractivity contribution in [2.75, 3.05) is 25.6 Å². The molecule has 0 bridgehead atoms. The predicted octanol–water partition coefficient (Wildman–Crippen LogP) is 1.79. The minimum Gasteiger partial charge on any atom is -0.491 e. The van der Waals surface area contributed by atoms with Crippen LogP contribution in [0.2, 0.25) is 0 Å². The molecule has 1 fully saturated rings. The Hall–Kier alpha value is -2.41. The molecular formula is C17H21N3O4. The van der Waals surface area contributed by atoms with Crippen LogP contribution in [-0.2, 0) is 14.3 Å². The number of nitrogens with one attached hydrogen (secondary N) is 1. The van der Waals surface area contributed by atoms with Gasteiger partial charge in [0.2, 0.25) is 5.91 Å². The lowest BCUT2D eigenvalue weighted by atomic mass is 10.1. The number of amides is 2. The zero-order valence-electron chi connectivity index (χ0n) is 13.7. The second-order valence-corrected chi connectivity index (χ2v) is 5.89. The van der Waals surface area contributed by atoms with Gasteiger partial charge in [0, 0.05) is 38.2 Å². The van der Waals surface area contributed by atoms with Crippen molar-refractivity contribution in [3.63, 3.8) is 0 Å². The molecule has 7 nitrogen and oxygen atoms in total. The van der Waals surface area contributed by atoms with Gasteiger partial charge in [-0.1, -0.05) is 6.07 Å². The number of hydrazone groups is 1. The number of ether oxygens (including phenoxy) is 2. The molecule has 0 spiro atoms. The highest BCUT2D eigenvalue weighted by atomic mass is 16.5. The van der Waals surface area contributed by atoms with Crippen molar-refractivity contribution in [1.82, 2.24) is 5.01 Å². The third-order valence-electron chi connectivity index (χ3n) is 4.02. The Kier molecular flexibility index (Phi) is 5.10. The van der Waals surface area contributed by atoms with Gasteiger partial charge in [0.25, 0.3) is 5.91 Å². The van der Waals surface area contributed by atoms with Gasteiger partial charge in [0.05, 0.1) is 6.10 Å². The summed E-state index contributed by atoms with van der Waals surface area (Å²) in [6.07, 6.45) is 2.89. The van der Waals surface area contributed by atoms with Crippen molar-refractivity contribution < 1.29 is 19.1 Å². The highest BCUT2D eigenvalue weighted by Crippen LogP contribution is 2.20. The van der Waals surface area contributed by atoms with Crippen molar-refractivity contribution >= 4 is 23.2 Å². The highest BCUT2D eigenvalue weighted by Gasteiger charge is 2.22. The molecule has 1 N–H and O–H groups in total. The van der Waals surface area contributed by atoms with E-state index in [1.165, 1.54) is 5.01 Å². The number of hydrogen-bond donors (Lipinski definition) is 1. The monoisotopic (exact) mass is 331 g/mol. The molecule has 3 rings (SSSR count). The third kappa shape index (κ3) is 4.11. The SMILES string of the molecule is CN1N=C(C(=O)Nc2cccc(OC[C@@H]3CCCO3)c2)CCC1=O. The summed E-state index contributed by atoms with van der Waals surface area (Å²) in [4.78, 5) is 23.7. The molecule has 0 unspecified atom stereocenters. The Morgan fingerprint density at radius 1 is 1.46 bits per heavy atom. The largest absolute Gasteiger partial charge is 0.491 e. The zero-order chi connectivity index (χ0) is 16.9. The molecule has 1 aromatic rings. The lowest BCUT2D eigenvalue weighted by Crippen LogP contribution is -2.34.